The number of carboxylic acid groups (broad SMARTS) is 1. The first-order valence-corrected chi connectivity index (χ1v) is 6.71. The van der Waals surface area contributed by atoms with Gasteiger partial charge in [-0.1, -0.05) is 18.5 Å². The van der Waals surface area contributed by atoms with Gasteiger partial charge in [-0.3, -0.25) is 4.79 Å². The van der Waals surface area contributed by atoms with Gasteiger partial charge in [0.2, 0.25) is 0 Å². The lowest BCUT2D eigenvalue weighted by Gasteiger charge is -2.12. The monoisotopic (exact) mass is 310 g/mol. The van der Waals surface area contributed by atoms with Gasteiger partial charge in [0, 0.05) is 18.0 Å². The van der Waals surface area contributed by atoms with Gasteiger partial charge in [0.25, 0.3) is 0 Å². The van der Waals surface area contributed by atoms with Crippen LogP contribution in [0.15, 0.2) is 18.2 Å². The lowest BCUT2D eigenvalue weighted by Crippen LogP contribution is -2.14. The average Bonchev–Trinajstić information content (AvgIpc) is 2.85. The molecule has 0 radical (unpaired) electrons. The predicted octanol–water partition coefficient (Wildman–Crippen LogP) is 2.11. The van der Waals surface area contributed by atoms with E-state index in [-0.39, 0.29) is 12.3 Å². The molecule has 2 aromatic rings. The quantitative estimate of drug-likeness (QED) is 0.879. The highest BCUT2D eigenvalue weighted by molar-refractivity contribution is 6.30. The van der Waals surface area contributed by atoms with Crippen LogP contribution in [0.1, 0.15) is 13.3 Å². The summed E-state index contributed by atoms with van der Waals surface area (Å²) in [6.07, 6.45) is 0.0476. The fraction of sp³-hybridized carbons (Fsp3) is 0.385. The van der Waals surface area contributed by atoms with Gasteiger partial charge in [0.1, 0.15) is 5.75 Å². The van der Waals surface area contributed by atoms with E-state index in [0.29, 0.717) is 28.7 Å². The van der Waals surface area contributed by atoms with Gasteiger partial charge in [-0.2, -0.15) is 0 Å². The molecular weight excluding hydrogens is 296 g/mol. The van der Waals surface area contributed by atoms with Gasteiger partial charge in [0.15, 0.2) is 5.82 Å². The van der Waals surface area contributed by atoms with Crippen LogP contribution >= 0.6 is 11.6 Å². The van der Waals surface area contributed by atoms with Crippen molar-refractivity contribution in [1.29, 1.82) is 0 Å². The average molecular weight is 311 g/mol. The third-order valence-electron chi connectivity index (χ3n) is 2.94. The number of aromatic nitrogens is 4. The van der Waals surface area contributed by atoms with Gasteiger partial charge in [-0.15, -0.1) is 5.10 Å². The summed E-state index contributed by atoms with van der Waals surface area (Å²) in [4.78, 5) is 10.7. The zero-order chi connectivity index (χ0) is 15.4. The molecule has 1 unspecified atom stereocenters. The summed E-state index contributed by atoms with van der Waals surface area (Å²) >= 11 is 6.01. The van der Waals surface area contributed by atoms with Gasteiger partial charge in [0.05, 0.1) is 12.7 Å². The van der Waals surface area contributed by atoms with Crippen molar-refractivity contribution in [2.75, 3.05) is 7.11 Å². The minimum Gasteiger partial charge on any atom is -0.496 e. The summed E-state index contributed by atoms with van der Waals surface area (Å²) in [6, 6.07) is 5.16. The van der Waals surface area contributed by atoms with E-state index in [9.17, 15) is 4.79 Å². The Bertz CT molecular complexity index is 644. The molecule has 0 bridgehead atoms. The van der Waals surface area contributed by atoms with E-state index < -0.39 is 5.97 Å². The highest BCUT2D eigenvalue weighted by Gasteiger charge is 2.17. The van der Waals surface area contributed by atoms with Crippen molar-refractivity contribution >= 4 is 17.6 Å². The van der Waals surface area contributed by atoms with Crippen LogP contribution in [-0.4, -0.2) is 38.4 Å². The number of hydrogen-bond acceptors (Lipinski definition) is 5. The molecule has 0 aliphatic heterocycles. The molecule has 8 heteroatoms. The van der Waals surface area contributed by atoms with Crippen LogP contribution in [0.25, 0.3) is 11.4 Å². The van der Waals surface area contributed by atoms with Crippen LogP contribution in [0, 0.1) is 5.92 Å². The van der Waals surface area contributed by atoms with Crippen LogP contribution in [0.3, 0.4) is 0 Å². The Morgan fingerprint density at radius 1 is 1.52 bits per heavy atom. The molecule has 21 heavy (non-hydrogen) atoms. The first-order chi connectivity index (χ1) is 10.0. The number of tetrazole rings is 1. The molecule has 0 saturated heterocycles. The Labute approximate surface area is 126 Å². The van der Waals surface area contributed by atoms with Gasteiger partial charge in [-0.25, -0.2) is 4.68 Å². The van der Waals surface area contributed by atoms with Crippen molar-refractivity contribution < 1.29 is 14.6 Å². The Kier molecular flexibility index (Phi) is 4.74. The van der Waals surface area contributed by atoms with E-state index >= 15 is 0 Å². The van der Waals surface area contributed by atoms with Crippen molar-refractivity contribution in [2.24, 2.45) is 5.92 Å². The number of methoxy groups -OCH3 is 1. The van der Waals surface area contributed by atoms with Crippen LogP contribution in [0.2, 0.25) is 5.02 Å². The molecule has 0 fully saturated rings. The number of carbonyl (C=O) groups is 1. The van der Waals surface area contributed by atoms with Gasteiger partial charge >= 0.3 is 5.97 Å². The summed E-state index contributed by atoms with van der Waals surface area (Å²) in [5.41, 5.74) is 0.664. The minimum absolute atomic E-state index is 0.0476. The van der Waals surface area contributed by atoms with Gasteiger partial charge < -0.3 is 9.84 Å². The normalized spacial score (nSPS) is 12.1. The maximum atomic E-state index is 10.7. The molecule has 0 aliphatic rings. The van der Waals surface area contributed by atoms with Crippen LogP contribution in [-0.2, 0) is 11.3 Å². The van der Waals surface area contributed by atoms with E-state index in [0.717, 1.165) is 0 Å². The standard InChI is InChI=1S/C13H15ClN4O3/c1-8(5-12(19)20)7-18-13(15-16-17-18)10-6-9(14)3-4-11(10)21-2/h3-4,6,8H,5,7H2,1-2H3,(H,19,20). The van der Waals surface area contributed by atoms with Crippen LogP contribution in [0.5, 0.6) is 5.75 Å². The fourth-order valence-corrected chi connectivity index (χ4v) is 2.21. The number of benzene rings is 1. The third kappa shape index (κ3) is 3.69. The molecule has 1 aromatic carbocycles. The smallest absolute Gasteiger partial charge is 0.303 e. The largest absolute Gasteiger partial charge is 0.496 e. The summed E-state index contributed by atoms with van der Waals surface area (Å²) < 4.78 is 6.84. The Hall–Kier alpha value is -2.15. The van der Waals surface area contributed by atoms with E-state index in [1.807, 2.05) is 6.92 Å². The van der Waals surface area contributed by atoms with Crippen molar-refractivity contribution in [2.45, 2.75) is 19.9 Å². The molecule has 0 amide bonds. The number of ether oxygens (including phenoxy) is 1. The maximum absolute atomic E-state index is 10.7. The lowest BCUT2D eigenvalue weighted by molar-refractivity contribution is -0.138. The van der Waals surface area contributed by atoms with Crippen molar-refractivity contribution in [3.05, 3.63) is 23.2 Å². The number of hydrogen-bond donors (Lipinski definition) is 1. The molecular formula is C13H15ClN4O3. The number of aliphatic carboxylic acids is 1. The number of carboxylic acids is 1. The fourth-order valence-electron chi connectivity index (χ4n) is 2.03. The molecule has 1 N–H and O–H groups in total. The Balaban J connectivity index is 2.32. The molecule has 0 saturated carbocycles. The molecule has 0 aliphatic carbocycles. The van der Waals surface area contributed by atoms with E-state index in [1.165, 1.54) is 0 Å². The first-order valence-electron chi connectivity index (χ1n) is 6.33. The van der Waals surface area contributed by atoms with Crippen molar-refractivity contribution in [3.8, 4) is 17.1 Å². The summed E-state index contributed by atoms with van der Waals surface area (Å²) in [5, 5.41) is 20.9. The number of nitrogens with zero attached hydrogens (tertiary/aromatic N) is 4. The predicted molar refractivity (Wildman–Crippen MR) is 76.2 cm³/mol. The third-order valence-corrected chi connectivity index (χ3v) is 3.18. The molecule has 1 atom stereocenters. The number of rotatable bonds is 6. The zero-order valence-corrected chi connectivity index (χ0v) is 12.4. The van der Waals surface area contributed by atoms with Crippen molar-refractivity contribution in [3.63, 3.8) is 0 Å². The van der Waals surface area contributed by atoms with Crippen LogP contribution < -0.4 is 4.74 Å². The second-order valence-electron chi connectivity index (χ2n) is 4.73. The van der Waals surface area contributed by atoms with E-state index in [4.69, 9.17) is 21.4 Å². The van der Waals surface area contributed by atoms with Crippen LogP contribution in [0.4, 0.5) is 0 Å². The molecule has 0 spiro atoms. The topological polar surface area (TPSA) is 90.1 Å². The SMILES string of the molecule is COc1ccc(Cl)cc1-c1nnnn1CC(C)CC(=O)O. The van der Waals surface area contributed by atoms with E-state index in [2.05, 4.69) is 15.5 Å². The summed E-state index contributed by atoms with van der Waals surface area (Å²) in [7, 11) is 1.55. The van der Waals surface area contributed by atoms with E-state index in [1.54, 1.807) is 30.0 Å². The minimum atomic E-state index is -0.850. The Morgan fingerprint density at radius 3 is 2.95 bits per heavy atom. The zero-order valence-electron chi connectivity index (χ0n) is 11.7. The summed E-state index contributed by atoms with van der Waals surface area (Å²) in [5.74, 6) is 0.139. The first kappa shape index (κ1) is 15.2. The Morgan fingerprint density at radius 2 is 2.29 bits per heavy atom. The molecule has 1 heterocycles. The molecule has 112 valence electrons. The maximum Gasteiger partial charge on any atom is 0.303 e. The van der Waals surface area contributed by atoms with Crippen molar-refractivity contribution in [1.82, 2.24) is 20.2 Å². The second kappa shape index (κ2) is 6.53. The summed E-state index contributed by atoms with van der Waals surface area (Å²) in [6.45, 7) is 2.22. The highest BCUT2D eigenvalue weighted by atomic mass is 35.5. The molecule has 2 rings (SSSR count). The second-order valence-corrected chi connectivity index (χ2v) is 5.17. The number of halogens is 1. The highest BCUT2D eigenvalue weighted by Crippen LogP contribution is 2.31. The lowest BCUT2D eigenvalue weighted by atomic mass is 10.1. The molecule has 1 aromatic heterocycles. The van der Waals surface area contributed by atoms with Gasteiger partial charge in [-0.05, 0) is 34.5 Å². The molecule has 7 nitrogen and oxygen atoms in total.